The quantitative estimate of drug-likeness (QED) is 0.497. The van der Waals surface area contributed by atoms with Crippen LogP contribution < -0.4 is 16.0 Å². The Morgan fingerprint density at radius 2 is 2.11 bits per heavy atom. The van der Waals surface area contributed by atoms with E-state index in [0.29, 0.717) is 26.1 Å². The van der Waals surface area contributed by atoms with Gasteiger partial charge in [0.1, 0.15) is 5.54 Å². The molecule has 4 amide bonds. The number of ether oxygens (including phenoxy) is 1. The second-order valence-corrected chi connectivity index (χ2v) is 4.42. The van der Waals surface area contributed by atoms with Gasteiger partial charge in [0.2, 0.25) is 0 Å². The number of imide groups is 1. The predicted octanol–water partition coefficient (Wildman–Crippen LogP) is -0.741. The average molecular weight is 257 g/mol. The fourth-order valence-corrected chi connectivity index (χ4v) is 2.47. The molecular weight excluding hydrogens is 242 g/mol. The molecule has 0 spiro atoms. The van der Waals surface area contributed by atoms with Crippen LogP contribution in [-0.2, 0) is 9.53 Å². The molecular formula is C10H15N3O5. The van der Waals surface area contributed by atoms with Crippen LogP contribution in [0.2, 0.25) is 0 Å². The fraction of sp³-hybridized carbons (Fsp3) is 0.700. The van der Waals surface area contributed by atoms with Crippen molar-refractivity contribution in [2.75, 3.05) is 19.8 Å². The van der Waals surface area contributed by atoms with Crippen LogP contribution in [0.1, 0.15) is 12.8 Å². The zero-order chi connectivity index (χ0) is 13.2. The summed E-state index contributed by atoms with van der Waals surface area (Å²) in [6, 6.07) is -0.585. The maximum absolute atomic E-state index is 12.0. The Bertz CT molecular complexity index is 380. The predicted molar refractivity (Wildman–Crippen MR) is 59.0 cm³/mol. The summed E-state index contributed by atoms with van der Waals surface area (Å²) in [4.78, 5) is 33.8. The van der Waals surface area contributed by atoms with Crippen LogP contribution in [0.4, 0.5) is 9.59 Å². The highest BCUT2D eigenvalue weighted by Gasteiger charge is 2.52. The average Bonchev–Trinajstić information content (AvgIpc) is 2.64. The number of carboxylic acid groups (broad SMARTS) is 1. The lowest BCUT2D eigenvalue weighted by Gasteiger charge is -2.36. The van der Waals surface area contributed by atoms with Gasteiger partial charge < -0.3 is 20.5 Å². The molecule has 4 N–H and O–H groups in total. The molecule has 0 aromatic heterocycles. The number of urea groups is 1. The van der Waals surface area contributed by atoms with Gasteiger partial charge in [-0.1, -0.05) is 0 Å². The third-order valence-electron chi connectivity index (χ3n) is 3.41. The molecule has 2 aliphatic rings. The van der Waals surface area contributed by atoms with Crippen molar-refractivity contribution < 1.29 is 24.2 Å². The van der Waals surface area contributed by atoms with Crippen LogP contribution in [0.5, 0.6) is 0 Å². The number of amides is 4. The molecule has 100 valence electrons. The van der Waals surface area contributed by atoms with Crippen LogP contribution in [0, 0.1) is 5.92 Å². The molecule has 8 heteroatoms. The summed E-state index contributed by atoms with van der Waals surface area (Å²) in [6.07, 6.45) is -0.0142. The van der Waals surface area contributed by atoms with E-state index in [-0.39, 0.29) is 12.5 Å². The van der Waals surface area contributed by atoms with E-state index in [9.17, 15) is 14.4 Å². The first-order valence-electron chi connectivity index (χ1n) is 5.73. The molecule has 1 atom stereocenters. The van der Waals surface area contributed by atoms with Crippen molar-refractivity contribution in [3.8, 4) is 0 Å². The van der Waals surface area contributed by atoms with Crippen molar-refractivity contribution in [2.24, 2.45) is 5.92 Å². The minimum Gasteiger partial charge on any atom is -0.465 e. The molecule has 1 unspecified atom stereocenters. The van der Waals surface area contributed by atoms with E-state index in [4.69, 9.17) is 9.84 Å². The van der Waals surface area contributed by atoms with Gasteiger partial charge in [0.25, 0.3) is 5.91 Å². The first-order chi connectivity index (χ1) is 8.54. The lowest BCUT2D eigenvalue weighted by molar-refractivity contribution is -0.127. The molecule has 0 aliphatic carbocycles. The Labute approximate surface area is 103 Å². The van der Waals surface area contributed by atoms with Crippen LogP contribution in [0.25, 0.3) is 0 Å². The Balaban J connectivity index is 2.18. The zero-order valence-electron chi connectivity index (χ0n) is 9.69. The topological polar surface area (TPSA) is 117 Å². The number of carbonyl (C=O) groups excluding carboxylic acids is 2. The Hall–Kier alpha value is -1.83. The van der Waals surface area contributed by atoms with Gasteiger partial charge in [0.05, 0.1) is 6.54 Å². The summed E-state index contributed by atoms with van der Waals surface area (Å²) in [5.74, 6) is -0.613. The first kappa shape index (κ1) is 12.6. The van der Waals surface area contributed by atoms with E-state index in [1.165, 1.54) is 0 Å². The summed E-state index contributed by atoms with van der Waals surface area (Å²) < 4.78 is 5.21. The minimum absolute atomic E-state index is 0.134. The minimum atomic E-state index is -1.23. The molecule has 0 radical (unpaired) electrons. The van der Waals surface area contributed by atoms with Gasteiger partial charge in [0.15, 0.2) is 0 Å². The molecule has 0 aromatic carbocycles. The number of hydrogen-bond donors (Lipinski definition) is 4. The molecule has 0 saturated carbocycles. The summed E-state index contributed by atoms with van der Waals surface area (Å²) in [5.41, 5.74) is -1.20. The van der Waals surface area contributed by atoms with Crippen LogP contribution in [0.3, 0.4) is 0 Å². The highest BCUT2D eigenvalue weighted by molar-refractivity contribution is 6.07. The molecule has 18 heavy (non-hydrogen) atoms. The molecule has 2 rings (SSSR count). The molecule has 0 bridgehead atoms. The SMILES string of the molecule is O=C(O)NCC1(C2CCOCC2)NC(=O)NC1=O. The Morgan fingerprint density at radius 1 is 1.44 bits per heavy atom. The number of nitrogens with one attached hydrogen (secondary N) is 3. The van der Waals surface area contributed by atoms with Gasteiger partial charge in [-0.3, -0.25) is 10.1 Å². The van der Waals surface area contributed by atoms with E-state index >= 15 is 0 Å². The maximum atomic E-state index is 12.0. The van der Waals surface area contributed by atoms with E-state index in [0.717, 1.165) is 0 Å². The normalized spacial score (nSPS) is 28.7. The summed E-state index contributed by atoms with van der Waals surface area (Å²) >= 11 is 0. The van der Waals surface area contributed by atoms with Gasteiger partial charge in [-0.25, -0.2) is 9.59 Å². The third-order valence-corrected chi connectivity index (χ3v) is 3.41. The summed E-state index contributed by atoms with van der Waals surface area (Å²) in [5, 5.41) is 15.6. The van der Waals surface area contributed by atoms with Crippen molar-refractivity contribution >= 4 is 18.0 Å². The summed E-state index contributed by atoms with van der Waals surface area (Å²) in [7, 11) is 0. The van der Waals surface area contributed by atoms with E-state index in [1.54, 1.807) is 0 Å². The van der Waals surface area contributed by atoms with Gasteiger partial charge in [-0.2, -0.15) is 0 Å². The molecule has 2 heterocycles. The van der Waals surface area contributed by atoms with E-state index in [2.05, 4.69) is 16.0 Å². The van der Waals surface area contributed by atoms with E-state index < -0.39 is 23.6 Å². The Morgan fingerprint density at radius 3 is 2.61 bits per heavy atom. The fourth-order valence-electron chi connectivity index (χ4n) is 2.47. The highest BCUT2D eigenvalue weighted by Crippen LogP contribution is 2.29. The standard InChI is InChI=1S/C10H15N3O5/c14-7-10(5-11-9(16)17,13-8(15)12-7)6-1-3-18-4-2-6/h6,11H,1-5H2,(H,16,17)(H2,12,13,14,15). The molecule has 2 aliphatic heterocycles. The maximum Gasteiger partial charge on any atom is 0.404 e. The van der Waals surface area contributed by atoms with Crippen molar-refractivity contribution in [2.45, 2.75) is 18.4 Å². The lowest BCUT2D eigenvalue weighted by Crippen LogP contribution is -2.61. The summed E-state index contributed by atoms with van der Waals surface area (Å²) in [6.45, 7) is 0.871. The number of carbonyl (C=O) groups is 3. The molecule has 0 aromatic rings. The molecule has 2 saturated heterocycles. The van der Waals surface area contributed by atoms with Crippen LogP contribution in [-0.4, -0.2) is 48.4 Å². The monoisotopic (exact) mass is 257 g/mol. The van der Waals surface area contributed by atoms with Crippen molar-refractivity contribution in [3.05, 3.63) is 0 Å². The Kier molecular flexibility index (Phi) is 3.37. The van der Waals surface area contributed by atoms with Crippen molar-refractivity contribution in [1.82, 2.24) is 16.0 Å². The second kappa shape index (κ2) is 4.81. The van der Waals surface area contributed by atoms with Gasteiger partial charge in [-0.05, 0) is 18.8 Å². The smallest absolute Gasteiger partial charge is 0.404 e. The first-order valence-corrected chi connectivity index (χ1v) is 5.73. The number of hydrogen-bond acceptors (Lipinski definition) is 4. The molecule has 8 nitrogen and oxygen atoms in total. The zero-order valence-corrected chi connectivity index (χ0v) is 9.69. The largest absolute Gasteiger partial charge is 0.465 e. The van der Waals surface area contributed by atoms with E-state index in [1.807, 2.05) is 0 Å². The van der Waals surface area contributed by atoms with Crippen molar-refractivity contribution in [1.29, 1.82) is 0 Å². The van der Waals surface area contributed by atoms with Crippen LogP contribution >= 0.6 is 0 Å². The van der Waals surface area contributed by atoms with Crippen LogP contribution in [0.15, 0.2) is 0 Å². The third kappa shape index (κ3) is 2.23. The van der Waals surface area contributed by atoms with Gasteiger partial charge in [-0.15, -0.1) is 0 Å². The van der Waals surface area contributed by atoms with Crippen molar-refractivity contribution in [3.63, 3.8) is 0 Å². The second-order valence-electron chi connectivity index (χ2n) is 4.42. The lowest BCUT2D eigenvalue weighted by atomic mass is 9.78. The van der Waals surface area contributed by atoms with Gasteiger partial charge in [0, 0.05) is 13.2 Å². The van der Waals surface area contributed by atoms with Gasteiger partial charge >= 0.3 is 12.1 Å². The highest BCUT2D eigenvalue weighted by atomic mass is 16.5. The molecule has 2 fully saturated rings. The number of rotatable bonds is 3.